The van der Waals surface area contributed by atoms with Crippen molar-refractivity contribution in [1.29, 1.82) is 0 Å². The van der Waals surface area contributed by atoms with E-state index in [0.717, 1.165) is 22.1 Å². The van der Waals surface area contributed by atoms with Crippen molar-refractivity contribution in [2.75, 3.05) is 19.0 Å². The van der Waals surface area contributed by atoms with Gasteiger partial charge < -0.3 is 9.88 Å². The standard InChI is InChI=1S/C17H15N3.ClH/c1-20(2)17-12-8-4-6-10-14(12)18-15-11-7-3-5-9-13(11)19-16(15)17;/h3-10,19H,1-2H3;1H. The molecule has 0 aliphatic heterocycles. The molecule has 0 saturated carbocycles. The summed E-state index contributed by atoms with van der Waals surface area (Å²) in [6, 6.07) is 16.6. The molecule has 0 aliphatic carbocycles. The largest absolute Gasteiger partial charge is 0.375 e. The van der Waals surface area contributed by atoms with Crippen molar-refractivity contribution in [3.63, 3.8) is 0 Å². The van der Waals surface area contributed by atoms with Crippen LogP contribution in [0.2, 0.25) is 0 Å². The van der Waals surface area contributed by atoms with E-state index in [2.05, 4.69) is 60.4 Å². The van der Waals surface area contributed by atoms with Gasteiger partial charge in [0.2, 0.25) is 0 Å². The Bertz CT molecular complexity index is 941. The van der Waals surface area contributed by atoms with Gasteiger partial charge in [-0.25, -0.2) is 4.98 Å². The van der Waals surface area contributed by atoms with E-state index in [1.165, 1.54) is 16.5 Å². The molecule has 3 nitrogen and oxygen atoms in total. The number of anilines is 1. The van der Waals surface area contributed by atoms with Crippen molar-refractivity contribution in [3.8, 4) is 0 Å². The predicted octanol–water partition coefficient (Wildman–Crippen LogP) is 4.36. The molecule has 2 aromatic carbocycles. The van der Waals surface area contributed by atoms with Crippen LogP contribution in [-0.4, -0.2) is 24.1 Å². The second kappa shape index (κ2) is 4.93. The van der Waals surface area contributed by atoms with Gasteiger partial charge in [0, 0.05) is 30.4 Å². The molecule has 0 aliphatic rings. The van der Waals surface area contributed by atoms with Gasteiger partial charge in [-0.05, 0) is 12.1 Å². The Balaban J connectivity index is 0.00000132. The fraction of sp³-hybridized carbons (Fsp3) is 0.118. The first kappa shape index (κ1) is 13.7. The highest BCUT2D eigenvalue weighted by Gasteiger charge is 2.14. The van der Waals surface area contributed by atoms with Crippen molar-refractivity contribution in [1.82, 2.24) is 9.97 Å². The molecule has 0 amide bonds. The molecule has 2 heterocycles. The molecule has 4 heteroatoms. The first-order valence-corrected chi connectivity index (χ1v) is 6.72. The van der Waals surface area contributed by atoms with Crippen LogP contribution in [-0.2, 0) is 0 Å². The van der Waals surface area contributed by atoms with Crippen LogP contribution in [0.4, 0.5) is 5.69 Å². The lowest BCUT2D eigenvalue weighted by atomic mass is 10.1. The first-order chi connectivity index (χ1) is 9.75. The zero-order chi connectivity index (χ0) is 13.7. The Kier molecular flexibility index (Phi) is 3.22. The summed E-state index contributed by atoms with van der Waals surface area (Å²) in [6.45, 7) is 0. The van der Waals surface area contributed by atoms with Gasteiger partial charge in [0.25, 0.3) is 0 Å². The molecule has 0 spiro atoms. The second-order valence-electron chi connectivity index (χ2n) is 5.27. The van der Waals surface area contributed by atoms with Crippen molar-refractivity contribution in [2.24, 2.45) is 0 Å². The van der Waals surface area contributed by atoms with Gasteiger partial charge in [-0.1, -0.05) is 36.4 Å². The molecule has 0 saturated heterocycles. The predicted molar refractivity (Wildman–Crippen MR) is 92.7 cm³/mol. The number of pyridine rings is 1. The molecule has 0 bridgehead atoms. The highest BCUT2D eigenvalue weighted by atomic mass is 35.5. The van der Waals surface area contributed by atoms with E-state index in [1.54, 1.807) is 0 Å². The molecule has 2 aromatic heterocycles. The molecular weight excluding hydrogens is 282 g/mol. The van der Waals surface area contributed by atoms with Crippen LogP contribution >= 0.6 is 12.4 Å². The molecule has 4 aromatic rings. The average molecular weight is 298 g/mol. The summed E-state index contributed by atoms with van der Waals surface area (Å²) in [5.74, 6) is 0. The van der Waals surface area contributed by atoms with E-state index in [0.29, 0.717) is 0 Å². The maximum Gasteiger partial charge on any atom is 0.0986 e. The number of benzene rings is 2. The third-order valence-electron chi connectivity index (χ3n) is 3.75. The minimum absolute atomic E-state index is 0. The van der Waals surface area contributed by atoms with Crippen LogP contribution in [0.5, 0.6) is 0 Å². The summed E-state index contributed by atoms with van der Waals surface area (Å²) >= 11 is 0. The highest BCUT2D eigenvalue weighted by Crippen LogP contribution is 2.35. The molecule has 0 atom stereocenters. The quantitative estimate of drug-likeness (QED) is 0.566. The molecule has 4 rings (SSSR count). The SMILES string of the molecule is CN(C)c1c2ccccc2nc2c1[nH]c1ccccc12.Cl. The van der Waals surface area contributed by atoms with Gasteiger partial charge in [0.1, 0.15) is 0 Å². The zero-order valence-corrected chi connectivity index (χ0v) is 12.7. The maximum absolute atomic E-state index is 4.85. The lowest BCUT2D eigenvalue weighted by Gasteiger charge is -2.16. The summed E-state index contributed by atoms with van der Waals surface area (Å²) < 4.78 is 0. The normalized spacial score (nSPS) is 11.0. The smallest absolute Gasteiger partial charge is 0.0986 e. The molecule has 0 radical (unpaired) electrons. The van der Waals surface area contributed by atoms with Crippen LogP contribution in [0.15, 0.2) is 48.5 Å². The molecule has 21 heavy (non-hydrogen) atoms. The third kappa shape index (κ3) is 1.93. The fourth-order valence-electron chi connectivity index (χ4n) is 2.91. The molecule has 106 valence electrons. The first-order valence-electron chi connectivity index (χ1n) is 6.72. The van der Waals surface area contributed by atoms with Crippen LogP contribution in [0.25, 0.3) is 32.8 Å². The Morgan fingerprint density at radius 3 is 2.33 bits per heavy atom. The van der Waals surface area contributed by atoms with E-state index >= 15 is 0 Å². The Morgan fingerprint density at radius 2 is 1.57 bits per heavy atom. The van der Waals surface area contributed by atoms with Gasteiger partial charge in [0.15, 0.2) is 0 Å². The molecular formula is C17H16ClN3. The Hall–Kier alpha value is -2.26. The van der Waals surface area contributed by atoms with Crippen LogP contribution < -0.4 is 4.90 Å². The number of fused-ring (bicyclic) bond motifs is 4. The van der Waals surface area contributed by atoms with Gasteiger partial charge in [-0.15, -0.1) is 12.4 Å². The monoisotopic (exact) mass is 297 g/mol. The lowest BCUT2D eigenvalue weighted by molar-refractivity contribution is 1.15. The minimum Gasteiger partial charge on any atom is -0.375 e. The van der Waals surface area contributed by atoms with E-state index in [9.17, 15) is 0 Å². The number of aromatic nitrogens is 2. The highest BCUT2D eigenvalue weighted by molar-refractivity contribution is 6.15. The number of rotatable bonds is 1. The number of aromatic amines is 1. The Morgan fingerprint density at radius 1 is 0.905 bits per heavy atom. The van der Waals surface area contributed by atoms with Gasteiger partial charge in [-0.3, -0.25) is 0 Å². The molecule has 0 unspecified atom stereocenters. The van der Waals surface area contributed by atoms with Crippen molar-refractivity contribution in [3.05, 3.63) is 48.5 Å². The van der Waals surface area contributed by atoms with Crippen LogP contribution in [0.3, 0.4) is 0 Å². The number of para-hydroxylation sites is 2. The number of H-pyrrole nitrogens is 1. The van der Waals surface area contributed by atoms with E-state index in [4.69, 9.17) is 4.98 Å². The topological polar surface area (TPSA) is 31.9 Å². The number of halogens is 1. The maximum atomic E-state index is 4.85. The summed E-state index contributed by atoms with van der Waals surface area (Å²) in [6.07, 6.45) is 0. The summed E-state index contributed by atoms with van der Waals surface area (Å²) in [7, 11) is 4.15. The van der Waals surface area contributed by atoms with Crippen molar-refractivity contribution in [2.45, 2.75) is 0 Å². The number of nitrogens with zero attached hydrogens (tertiary/aromatic N) is 2. The molecule has 1 N–H and O–H groups in total. The van der Waals surface area contributed by atoms with E-state index in [1.807, 2.05) is 12.1 Å². The second-order valence-corrected chi connectivity index (χ2v) is 5.27. The van der Waals surface area contributed by atoms with Crippen molar-refractivity contribution < 1.29 is 0 Å². The summed E-state index contributed by atoms with van der Waals surface area (Å²) in [5.41, 5.74) is 5.52. The number of hydrogen-bond acceptors (Lipinski definition) is 2. The third-order valence-corrected chi connectivity index (χ3v) is 3.75. The number of hydrogen-bond donors (Lipinski definition) is 1. The summed E-state index contributed by atoms with van der Waals surface area (Å²) in [4.78, 5) is 10.5. The van der Waals surface area contributed by atoms with E-state index < -0.39 is 0 Å². The van der Waals surface area contributed by atoms with Crippen LogP contribution in [0, 0.1) is 0 Å². The van der Waals surface area contributed by atoms with Crippen molar-refractivity contribution >= 4 is 50.9 Å². The zero-order valence-electron chi connectivity index (χ0n) is 11.9. The van der Waals surface area contributed by atoms with Crippen LogP contribution in [0.1, 0.15) is 0 Å². The average Bonchev–Trinajstić information content (AvgIpc) is 2.82. The van der Waals surface area contributed by atoms with Gasteiger partial charge in [0.05, 0.1) is 22.2 Å². The lowest BCUT2D eigenvalue weighted by Crippen LogP contribution is -2.10. The minimum atomic E-state index is 0. The van der Waals surface area contributed by atoms with Gasteiger partial charge in [-0.2, -0.15) is 0 Å². The Labute approximate surface area is 129 Å². The molecule has 0 fully saturated rings. The fourth-order valence-corrected chi connectivity index (χ4v) is 2.91. The van der Waals surface area contributed by atoms with Gasteiger partial charge >= 0.3 is 0 Å². The van der Waals surface area contributed by atoms with E-state index in [-0.39, 0.29) is 12.4 Å². The number of nitrogens with one attached hydrogen (secondary N) is 1. The summed E-state index contributed by atoms with van der Waals surface area (Å²) in [5, 5.41) is 2.35.